The first kappa shape index (κ1) is 19.8. The van der Waals surface area contributed by atoms with E-state index >= 15 is 0 Å². The van der Waals surface area contributed by atoms with Gasteiger partial charge >= 0.3 is 5.97 Å². The zero-order valence-corrected chi connectivity index (χ0v) is 16.1. The second-order valence-electron chi connectivity index (χ2n) is 7.25. The number of amides is 1. The van der Waals surface area contributed by atoms with Gasteiger partial charge in [0.2, 0.25) is 0 Å². The number of carbonyl (C=O) groups is 2. The van der Waals surface area contributed by atoms with Gasteiger partial charge < -0.3 is 10.1 Å². The number of nitrogens with zero attached hydrogens (tertiary/aromatic N) is 2. The molecule has 28 heavy (non-hydrogen) atoms. The van der Waals surface area contributed by atoms with Gasteiger partial charge in [-0.05, 0) is 63.1 Å². The van der Waals surface area contributed by atoms with E-state index in [1.165, 1.54) is 0 Å². The largest absolute Gasteiger partial charge is 0.466 e. The summed E-state index contributed by atoms with van der Waals surface area (Å²) in [4.78, 5) is 28.5. The molecule has 2 aromatic rings. The van der Waals surface area contributed by atoms with Crippen LogP contribution in [-0.2, 0) is 9.53 Å². The summed E-state index contributed by atoms with van der Waals surface area (Å²) in [6.45, 7) is 2.25. The Morgan fingerprint density at radius 1 is 1.21 bits per heavy atom. The van der Waals surface area contributed by atoms with Crippen molar-refractivity contribution in [3.63, 3.8) is 0 Å². The Morgan fingerprint density at radius 2 is 1.96 bits per heavy atom. The van der Waals surface area contributed by atoms with Crippen molar-refractivity contribution < 1.29 is 14.3 Å². The molecular weight excluding hydrogens is 354 g/mol. The fraction of sp³-hybridized carbons (Fsp3) is 0.455. The predicted molar refractivity (Wildman–Crippen MR) is 106 cm³/mol. The first-order valence-corrected chi connectivity index (χ1v) is 9.86. The quantitative estimate of drug-likeness (QED) is 0.772. The van der Waals surface area contributed by atoms with E-state index < -0.39 is 0 Å². The second-order valence-corrected chi connectivity index (χ2v) is 7.25. The Hall–Kier alpha value is -2.94. The molecule has 1 aliphatic carbocycles. The molecule has 1 aliphatic rings. The number of hydrogen-bond donors (Lipinski definition) is 1. The summed E-state index contributed by atoms with van der Waals surface area (Å²) in [5.74, 6) is 0.208. The number of ether oxygens (including phenoxy) is 1. The van der Waals surface area contributed by atoms with Gasteiger partial charge in [0.1, 0.15) is 5.69 Å². The van der Waals surface area contributed by atoms with Crippen LogP contribution in [0.4, 0.5) is 0 Å². The van der Waals surface area contributed by atoms with Gasteiger partial charge in [-0.1, -0.05) is 12.1 Å². The van der Waals surface area contributed by atoms with Crippen LogP contribution in [0, 0.1) is 17.2 Å². The summed E-state index contributed by atoms with van der Waals surface area (Å²) in [6, 6.07) is 11.1. The molecule has 0 spiro atoms. The number of aromatic nitrogens is 1. The third kappa shape index (κ3) is 5.07. The minimum absolute atomic E-state index is 0.125. The molecule has 0 aliphatic heterocycles. The van der Waals surface area contributed by atoms with Crippen LogP contribution >= 0.6 is 0 Å². The molecule has 0 atom stereocenters. The Bertz CT molecular complexity index is 896. The third-order valence-electron chi connectivity index (χ3n) is 5.30. The third-order valence-corrected chi connectivity index (χ3v) is 5.30. The van der Waals surface area contributed by atoms with Crippen molar-refractivity contribution in [2.24, 2.45) is 5.92 Å². The number of benzene rings is 1. The summed E-state index contributed by atoms with van der Waals surface area (Å²) in [5, 5.41) is 13.0. The van der Waals surface area contributed by atoms with Gasteiger partial charge in [-0.3, -0.25) is 9.59 Å². The number of rotatable bonds is 6. The van der Waals surface area contributed by atoms with E-state index in [1.807, 2.05) is 19.1 Å². The zero-order valence-electron chi connectivity index (χ0n) is 16.1. The lowest BCUT2D eigenvalue weighted by atomic mass is 9.83. The lowest BCUT2D eigenvalue weighted by Gasteiger charge is -2.28. The highest BCUT2D eigenvalue weighted by Crippen LogP contribution is 2.28. The van der Waals surface area contributed by atoms with Crippen LogP contribution in [0.15, 0.2) is 30.3 Å². The van der Waals surface area contributed by atoms with Crippen molar-refractivity contribution in [2.75, 3.05) is 6.61 Å². The SMILES string of the molecule is CCOC(=O)CCC1CCC(NC(=O)c2ccc3ccc(C#N)cc3n2)CC1. The van der Waals surface area contributed by atoms with Gasteiger partial charge in [0.05, 0.1) is 23.8 Å². The van der Waals surface area contributed by atoms with Gasteiger partial charge in [0.25, 0.3) is 5.91 Å². The molecule has 1 saturated carbocycles. The molecule has 1 N–H and O–H groups in total. The number of fused-ring (bicyclic) bond motifs is 1. The number of pyridine rings is 1. The first-order chi connectivity index (χ1) is 13.6. The smallest absolute Gasteiger partial charge is 0.305 e. The molecule has 6 heteroatoms. The van der Waals surface area contributed by atoms with Crippen molar-refractivity contribution in [2.45, 2.75) is 51.5 Å². The Morgan fingerprint density at radius 3 is 2.68 bits per heavy atom. The fourth-order valence-electron chi connectivity index (χ4n) is 3.72. The molecule has 3 rings (SSSR count). The van der Waals surface area contributed by atoms with E-state index in [2.05, 4.69) is 16.4 Å². The molecule has 1 heterocycles. The molecule has 6 nitrogen and oxygen atoms in total. The average molecular weight is 379 g/mol. The Balaban J connectivity index is 1.52. The highest BCUT2D eigenvalue weighted by atomic mass is 16.5. The van der Waals surface area contributed by atoms with E-state index in [1.54, 1.807) is 18.2 Å². The number of hydrogen-bond acceptors (Lipinski definition) is 5. The van der Waals surface area contributed by atoms with Gasteiger partial charge in [-0.2, -0.15) is 5.26 Å². The zero-order chi connectivity index (χ0) is 19.9. The Kier molecular flexibility index (Phi) is 6.59. The monoisotopic (exact) mass is 379 g/mol. The average Bonchev–Trinajstić information content (AvgIpc) is 2.72. The highest BCUT2D eigenvalue weighted by molar-refractivity contribution is 5.95. The normalized spacial score (nSPS) is 19.0. The van der Waals surface area contributed by atoms with Crippen molar-refractivity contribution >= 4 is 22.8 Å². The summed E-state index contributed by atoms with van der Waals surface area (Å²) in [5.41, 5.74) is 1.54. The molecule has 1 fully saturated rings. The summed E-state index contributed by atoms with van der Waals surface area (Å²) >= 11 is 0. The lowest BCUT2D eigenvalue weighted by Crippen LogP contribution is -2.38. The first-order valence-electron chi connectivity index (χ1n) is 9.86. The standard InChI is InChI=1S/C22H25N3O3/c1-2-28-21(26)12-6-15-4-9-18(10-5-15)24-22(27)19-11-8-17-7-3-16(14-23)13-20(17)25-19/h3,7-8,11,13,15,18H,2,4-6,9-10,12H2,1H3,(H,24,27). The van der Waals surface area contributed by atoms with E-state index in [-0.39, 0.29) is 17.9 Å². The van der Waals surface area contributed by atoms with Crippen LogP contribution in [0.25, 0.3) is 10.9 Å². The van der Waals surface area contributed by atoms with Crippen LogP contribution in [0.2, 0.25) is 0 Å². The minimum atomic E-state index is -0.181. The van der Waals surface area contributed by atoms with Gasteiger partial charge in [-0.25, -0.2) is 4.98 Å². The Labute approximate surface area is 164 Å². The summed E-state index contributed by atoms with van der Waals surface area (Å²) in [6.07, 6.45) is 5.15. The lowest BCUT2D eigenvalue weighted by molar-refractivity contribution is -0.143. The number of esters is 1. The molecule has 146 valence electrons. The van der Waals surface area contributed by atoms with E-state index in [0.29, 0.717) is 35.7 Å². The van der Waals surface area contributed by atoms with Gasteiger partial charge in [0.15, 0.2) is 0 Å². The molecule has 1 amide bonds. The predicted octanol–water partition coefficient (Wildman–Crippen LogP) is 3.74. The number of nitriles is 1. The second kappa shape index (κ2) is 9.32. The molecule has 0 saturated heterocycles. The van der Waals surface area contributed by atoms with Crippen LogP contribution in [-0.4, -0.2) is 29.5 Å². The fourth-order valence-corrected chi connectivity index (χ4v) is 3.72. The van der Waals surface area contributed by atoms with Crippen LogP contribution in [0.5, 0.6) is 0 Å². The van der Waals surface area contributed by atoms with Crippen molar-refractivity contribution in [1.82, 2.24) is 10.3 Å². The van der Waals surface area contributed by atoms with Crippen LogP contribution in [0.3, 0.4) is 0 Å². The van der Waals surface area contributed by atoms with Crippen molar-refractivity contribution in [3.05, 3.63) is 41.6 Å². The molecular formula is C22H25N3O3. The van der Waals surface area contributed by atoms with Crippen LogP contribution in [0.1, 0.15) is 61.5 Å². The number of carbonyl (C=O) groups excluding carboxylic acids is 2. The maximum atomic E-state index is 12.6. The highest BCUT2D eigenvalue weighted by Gasteiger charge is 2.23. The molecule has 1 aromatic carbocycles. The van der Waals surface area contributed by atoms with Crippen LogP contribution < -0.4 is 5.32 Å². The molecule has 0 bridgehead atoms. The maximum Gasteiger partial charge on any atom is 0.305 e. The van der Waals surface area contributed by atoms with Gasteiger partial charge in [0, 0.05) is 17.8 Å². The molecule has 0 unspecified atom stereocenters. The van der Waals surface area contributed by atoms with E-state index in [4.69, 9.17) is 10.00 Å². The molecule has 0 radical (unpaired) electrons. The minimum Gasteiger partial charge on any atom is -0.466 e. The topological polar surface area (TPSA) is 92.1 Å². The van der Waals surface area contributed by atoms with Crippen molar-refractivity contribution in [3.8, 4) is 6.07 Å². The molecule has 1 aromatic heterocycles. The van der Waals surface area contributed by atoms with E-state index in [0.717, 1.165) is 37.5 Å². The summed E-state index contributed by atoms with van der Waals surface area (Å²) < 4.78 is 4.98. The number of nitrogens with one attached hydrogen (secondary N) is 1. The maximum absolute atomic E-state index is 12.6. The summed E-state index contributed by atoms with van der Waals surface area (Å²) in [7, 11) is 0. The van der Waals surface area contributed by atoms with E-state index in [9.17, 15) is 9.59 Å². The van der Waals surface area contributed by atoms with Crippen molar-refractivity contribution in [1.29, 1.82) is 5.26 Å². The van der Waals surface area contributed by atoms with Gasteiger partial charge in [-0.15, -0.1) is 0 Å².